The van der Waals surface area contributed by atoms with E-state index in [1.54, 1.807) is 11.3 Å². The predicted molar refractivity (Wildman–Crippen MR) is 75.5 cm³/mol. The topological polar surface area (TPSA) is 22.1 Å². The Balaban J connectivity index is 2.07. The number of fused-ring (bicyclic) bond motifs is 1. The van der Waals surface area contributed by atoms with E-state index in [-0.39, 0.29) is 5.60 Å². The van der Waals surface area contributed by atoms with Crippen molar-refractivity contribution in [3.05, 3.63) is 34.8 Å². The maximum Gasteiger partial charge on any atom is 0.133 e. The van der Waals surface area contributed by atoms with Gasteiger partial charge in [-0.15, -0.1) is 22.9 Å². The number of thiazole rings is 1. The molecular weight excluding hydrogens is 266 g/mol. The smallest absolute Gasteiger partial charge is 0.133 e. The van der Waals surface area contributed by atoms with Gasteiger partial charge < -0.3 is 4.74 Å². The molecule has 0 saturated heterocycles. The number of para-hydroxylation sites is 1. The molecule has 1 aliphatic heterocycles. The van der Waals surface area contributed by atoms with Crippen LogP contribution in [0.5, 0.6) is 5.75 Å². The Morgan fingerprint density at radius 2 is 2.28 bits per heavy atom. The minimum absolute atomic E-state index is 0.120. The van der Waals surface area contributed by atoms with Crippen molar-refractivity contribution in [2.75, 3.05) is 0 Å². The molecule has 2 aromatic rings. The minimum Gasteiger partial charge on any atom is -0.486 e. The van der Waals surface area contributed by atoms with E-state index < -0.39 is 0 Å². The van der Waals surface area contributed by atoms with Gasteiger partial charge >= 0.3 is 0 Å². The number of aromatic nitrogens is 1. The van der Waals surface area contributed by atoms with Gasteiger partial charge in [0.05, 0.1) is 17.1 Å². The summed E-state index contributed by atoms with van der Waals surface area (Å²) >= 11 is 7.42. The quantitative estimate of drug-likeness (QED) is 0.766. The van der Waals surface area contributed by atoms with Crippen LogP contribution in [0.15, 0.2) is 23.6 Å². The van der Waals surface area contributed by atoms with Gasteiger partial charge in [0, 0.05) is 11.8 Å². The third kappa shape index (κ3) is 2.02. The molecule has 0 spiro atoms. The fourth-order valence-electron chi connectivity index (χ4n) is 2.28. The van der Waals surface area contributed by atoms with Crippen LogP contribution in [-0.2, 0) is 12.3 Å². The fourth-order valence-corrected chi connectivity index (χ4v) is 3.35. The van der Waals surface area contributed by atoms with Gasteiger partial charge in [-0.1, -0.05) is 12.1 Å². The second-order valence-electron chi connectivity index (χ2n) is 5.11. The average Bonchev–Trinajstić information content (AvgIpc) is 2.89. The van der Waals surface area contributed by atoms with Gasteiger partial charge in [-0.25, -0.2) is 4.98 Å². The van der Waals surface area contributed by atoms with Crippen molar-refractivity contribution in [1.29, 1.82) is 0 Å². The molecule has 3 rings (SSSR count). The van der Waals surface area contributed by atoms with E-state index in [1.807, 2.05) is 5.38 Å². The molecule has 2 nitrogen and oxygen atoms in total. The molecule has 94 valence electrons. The van der Waals surface area contributed by atoms with E-state index in [4.69, 9.17) is 16.3 Å². The summed E-state index contributed by atoms with van der Waals surface area (Å²) in [5.74, 6) is 1.44. The molecule has 0 radical (unpaired) electrons. The van der Waals surface area contributed by atoms with E-state index in [9.17, 15) is 0 Å². The maximum absolute atomic E-state index is 6.06. The largest absolute Gasteiger partial charge is 0.486 e. The molecule has 1 aromatic carbocycles. The number of hydrogen-bond donors (Lipinski definition) is 0. The highest BCUT2D eigenvalue weighted by atomic mass is 35.5. The first-order valence-electron chi connectivity index (χ1n) is 5.91. The van der Waals surface area contributed by atoms with Gasteiger partial charge in [0.1, 0.15) is 16.4 Å². The number of ether oxygens (including phenoxy) is 1. The summed E-state index contributed by atoms with van der Waals surface area (Å²) in [5, 5.41) is 2.99. The molecule has 0 bridgehead atoms. The van der Waals surface area contributed by atoms with Crippen LogP contribution in [0, 0.1) is 0 Å². The van der Waals surface area contributed by atoms with Gasteiger partial charge in [-0.3, -0.25) is 0 Å². The molecule has 0 aliphatic carbocycles. The Morgan fingerprint density at radius 1 is 1.44 bits per heavy atom. The Kier molecular flexibility index (Phi) is 2.83. The van der Waals surface area contributed by atoms with Gasteiger partial charge in [-0.2, -0.15) is 0 Å². The number of nitrogens with zero attached hydrogens (tertiary/aromatic N) is 1. The first kappa shape index (κ1) is 12.0. The molecule has 0 fully saturated rings. The van der Waals surface area contributed by atoms with Crippen LogP contribution in [-0.4, -0.2) is 10.6 Å². The molecule has 0 unspecified atom stereocenters. The Labute approximate surface area is 116 Å². The molecule has 0 atom stereocenters. The van der Waals surface area contributed by atoms with E-state index in [0.717, 1.165) is 28.4 Å². The second kappa shape index (κ2) is 4.25. The van der Waals surface area contributed by atoms with Gasteiger partial charge in [-0.05, 0) is 25.5 Å². The first-order chi connectivity index (χ1) is 8.59. The lowest BCUT2D eigenvalue weighted by molar-refractivity contribution is 0.139. The van der Waals surface area contributed by atoms with Crippen LogP contribution in [0.2, 0.25) is 0 Å². The third-order valence-corrected chi connectivity index (χ3v) is 4.21. The van der Waals surface area contributed by atoms with E-state index >= 15 is 0 Å². The van der Waals surface area contributed by atoms with Crippen molar-refractivity contribution in [3.63, 3.8) is 0 Å². The van der Waals surface area contributed by atoms with Crippen LogP contribution in [0.25, 0.3) is 10.6 Å². The summed E-state index contributed by atoms with van der Waals surface area (Å²) in [6, 6.07) is 6.27. The zero-order chi connectivity index (χ0) is 12.8. The number of rotatable bonds is 2. The lowest BCUT2D eigenvalue weighted by Gasteiger charge is -2.17. The third-order valence-electron chi connectivity index (χ3n) is 3.01. The summed E-state index contributed by atoms with van der Waals surface area (Å²) in [6.07, 6.45) is 0.948. The summed E-state index contributed by atoms with van der Waals surface area (Å²) < 4.78 is 6.06. The average molecular weight is 280 g/mol. The van der Waals surface area contributed by atoms with Crippen molar-refractivity contribution >= 4 is 22.9 Å². The van der Waals surface area contributed by atoms with Crippen LogP contribution in [0.4, 0.5) is 0 Å². The Hall–Kier alpha value is -1.06. The fraction of sp³-hybridized carbons (Fsp3) is 0.357. The van der Waals surface area contributed by atoms with Crippen molar-refractivity contribution in [1.82, 2.24) is 4.98 Å². The van der Waals surface area contributed by atoms with Crippen molar-refractivity contribution in [2.45, 2.75) is 31.7 Å². The second-order valence-corrected chi connectivity index (χ2v) is 6.24. The van der Waals surface area contributed by atoms with E-state index in [2.05, 4.69) is 37.0 Å². The van der Waals surface area contributed by atoms with Gasteiger partial charge in [0.15, 0.2) is 0 Å². The van der Waals surface area contributed by atoms with Crippen LogP contribution in [0.1, 0.15) is 25.1 Å². The Bertz CT molecular complexity index is 591. The highest BCUT2D eigenvalue weighted by Gasteiger charge is 2.32. The molecular formula is C14H14ClNOS. The maximum atomic E-state index is 6.06. The monoisotopic (exact) mass is 279 g/mol. The summed E-state index contributed by atoms with van der Waals surface area (Å²) in [6.45, 7) is 4.23. The van der Waals surface area contributed by atoms with Gasteiger partial charge in [0.2, 0.25) is 0 Å². The summed E-state index contributed by atoms with van der Waals surface area (Å²) in [7, 11) is 0. The molecule has 2 heterocycles. The molecule has 1 aromatic heterocycles. The summed E-state index contributed by atoms with van der Waals surface area (Å²) in [4.78, 5) is 4.53. The van der Waals surface area contributed by atoms with E-state index in [1.165, 1.54) is 5.56 Å². The highest BCUT2D eigenvalue weighted by Crippen LogP contribution is 2.42. The first-order valence-corrected chi connectivity index (χ1v) is 7.32. The zero-order valence-corrected chi connectivity index (χ0v) is 11.9. The SMILES string of the molecule is CC1(C)Cc2cccc(-c3nc(CCl)cs3)c2O1. The van der Waals surface area contributed by atoms with Crippen LogP contribution < -0.4 is 4.74 Å². The number of hydrogen-bond acceptors (Lipinski definition) is 3. The number of halogens is 1. The van der Waals surface area contributed by atoms with Crippen molar-refractivity contribution < 1.29 is 4.74 Å². The number of benzene rings is 1. The predicted octanol–water partition coefficient (Wildman–Crippen LogP) is 4.26. The van der Waals surface area contributed by atoms with Gasteiger partial charge in [0.25, 0.3) is 0 Å². The lowest BCUT2D eigenvalue weighted by atomic mass is 10.0. The minimum atomic E-state index is -0.120. The highest BCUT2D eigenvalue weighted by molar-refractivity contribution is 7.13. The number of alkyl halides is 1. The molecule has 1 aliphatic rings. The standard InChI is InChI=1S/C14H14ClNOS/c1-14(2)6-9-4-3-5-11(12(9)17-14)13-16-10(7-15)8-18-13/h3-5,8H,6-7H2,1-2H3. The summed E-state index contributed by atoms with van der Waals surface area (Å²) in [5.41, 5.74) is 3.15. The van der Waals surface area contributed by atoms with Crippen molar-refractivity contribution in [2.24, 2.45) is 0 Å². The van der Waals surface area contributed by atoms with Crippen molar-refractivity contribution in [3.8, 4) is 16.3 Å². The van der Waals surface area contributed by atoms with E-state index in [0.29, 0.717) is 5.88 Å². The van der Waals surface area contributed by atoms with Crippen LogP contribution in [0.3, 0.4) is 0 Å². The molecule has 4 heteroatoms. The zero-order valence-electron chi connectivity index (χ0n) is 10.4. The molecule has 0 amide bonds. The molecule has 0 saturated carbocycles. The Morgan fingerprint density at radius 3 is 3.00 bits per heavy atom. The normalized spacial score (nSPS) is 16.4. The molecule has 18 heavy (non-hydrogen) atoms. The molecule has 0 N–H and O–H groups in total. The van der Waals surface area contributed by atoms with Crippen LogP contribution >= 0.6 is 22.9 Å². The lowest BCUT2D eigenvalue weighted by Crippen LogP contribution is -2.24.